The van der Waals surface area contributed by atoms with Crippen LogP contribution in [0, 0.1) is 0 Å². The van der Waals surface area contributed by atoms with Gasteiger partial charge in [0.05, 0.1) is 18.2 Å². The Balaban J connectivity index is 1.71. The number of hydrogen-bond donors (Lipinski definition) is 1. The lowest BCUT2D eigenvalue weighted by Crippen LogP contribution is -2.18. The van der Waals surface area contributed by atoms with E-state index in [1.54, 1.807) is 47.8 Å². The van der Waals surface area contributed by atoms with Crippen molar-refractivity contribution in [3.63, 3.8) is 0 Å². The zero-order chi connectivity index (χ0) is 20.9. The van der Waals surface area contributed by atoms with Crippen molar-refractivity contribution in [3.8, 4) is 11.5 Å². The molecule has 7 nitrogen and oxygen atoms in total. The maximum Gasteiger partial charge on any atom is 0.353 e. The van der Waals surface area contributed by atoms with Crippen molar-refractivity contribution in [1.82, 2.24) is 4.83 Å². The molecule has 0 saturated heterocycles. The minimum atomic E-state index is -3.78. The number of halogens is 1. The van der Waals surface area contributed by atoms with Crippen LogP contribution in [-0.2, 0) is 10.0 Å². The zero-order valence-electron chi connectivity index (χ0n) is 15.0. The average molecular weight is 495 g/mol. The van der Waals surface area contributed by atoms with E-state index in [9.17, 15) is 13.2 Å². The van der Waals surface area contributed by atoms with E-state index >= 15 is 0 Å². The molecule has 1 N–H and O–H groups in total. The molecule has 150 valence electrons. The Hall–Kier alpha value is -2.69. The van der Waals surface area contributed by atoms with E-state index in [1.807, 2.05) is 0 Å². The molecule has 29 heavy (non-hydrogen) atoms. The van der Waals surface area contributed by atoms with Gasteiger partial charge in [-0.1, -0.05) is 22.0 Å². The Morgan fingerprint density at radius 1 is 1.14 bits per heavy atom. The van der Waals surface area contributed by atoms with Crippen molar-refractivity contribution in [3.05, 3.63) is 74.9 Å². The van der Waals surface area contributed by atoms with Crippen LogP contribution in [0.25, 0.3) is 0 Å². The largest absolute Gasteiger partial charge is 0.493 e. The Bertz CT molecular complexity index is 1130. The van der Waals surface area contributed by atoms with Gasteiger partial charge < -0.3 is 9.47 Å². The fourth-order valence-electron chi connectivity index (χ4n) is 2.23. The van der Waals surface area contributed by atoms with Crippen molar-refractivity contribution < 1.29 is 22.7 Å². The lowest BCUT2D eigenvalue weighted by atomic mass is 10.2. The SMILES string of the molecule is COc1cc(/C=N/NS(=O)(=O)c2ccc(Br)cc2)ccc1OC(=O)c1cccs1. The molecule has 3 rings (SSSR count). The Kier molecular flexibility index (Phi) is 6.68. The fourth-order valence-corrected chi connectivity index (χ4v) is 3.88. The van der Waals surface area contributed by atoms with Crippen molar-refractivity contribution in [2.24, 2.45) is 5.10 Å². The van der Waals surface area contributed by atoms with E-state index in [0.29, 0.717) is 16.2 Å². The number of nitrogens with zero attached hydrogens (tertiary/aromatic N) is 1. The van der Waals surface area contributed by atoms with Crippen LogP contribution in [0.3, 0.4) is 0 Å². The van der Waals surface area contributed by atoms with Crippen molar-refractivity contribution in [1.29, 1.82) is 0 Å². The number of carbonyl (C=O) groups is 1. The summed E-state index contributed by atoms with van der Waals surface area (Å²) in [5.41, 5.74) is 0.552. The van der Waals surface area contributed by atoms with Crippen LogP contribution in [0.2, 0.25) is 0 Å². The van der Waals surface area contributed by atoms with Crippen LogP contribution in [-0.4, -0.2) is 27.7 Å². The van der Waals surface area contributed by atoms with Crippen LogP contribution >= 0.6 is 27.3 Å². The van der Waals surface area contributed by atoms with E-state index in [-0.39, 0.29) is 10.6 Å². The normalized spacial score (nSPS) is 11.4. The lowest BCUT2D eigenvalue weighted by Gasteiger charge is -2.09. The summed E-state index contributed by atoms with van der Waals surface area (Å²) in [4.78, 5) is 14.8. The molecule has 0 amide bonds. The molecule has 2 aromatic carbocycles. The smallest absolute Gasteiger partial charge is 0.353 e. The summed E-state index contributed by atoms with van der Waals surface area (Å²) in [6, 6.07) is 14.3. The maximum absolute atomic E-state index is 12.2. The maximum atomic E-state index is 12.2. The van der Waals surface area contributed by atoms with Gasteiger partial charge in [-0.25, -0.2) is 9.63 Å². The fraction of sp³-hybridized carbons (Fsp3) is 0.0526. The molecule has 0 radical (unpaired) electrons. The van der Waals surface area contributed by atoms with Gasteiger partial charge in [0.15, 0.2) is 11.5 Å². The number of rotatable bonds is 7. The van der Waals surface area contributed by atoms with E-state index in [1.165, 1.54) is 36.8 Å². The molecule has 0 saturated carbocycles. The van der Waals surface area contributed by atoms with Crippen molar-refractivity contribution in [2.45, 2.75) is 4.90 Å². The molecule has 0 fully saturated rings. The average Bonchev–Trinajstić information content (AvgIpc) is 3.24. The lowest BCUT2D eigenvalue weighted by molar-refractivity contribution is 0.0735. The van der Waals surface area contributed by atoms with Crippen molar-refractivity contribution in [2.75, 3.05) is 7.11 Å². The third kappa shape index (κ3) is 5.43. The van der Waals surface area contributed by atoms with Gasteiger partial charge in [-0.15, -0.1) is 11.3 Å². The molecule has 0 bridgehead atoms. The first-order valence-corrected chi connectivity index (χ1v) is 11.3. The summed E-state index contributed by atoms with van der Waals surface area (Å²) in [6.07, 6.45) is 1.32. The minimum Gasteiger partial charge on any atom is -0.493 e. The molecule has 1 heterocycles. The van der Waals surface area contributed by atoms with E-state index in [2.05, 4.69) is 25.9 Å². The number of hydrazone groups is 1. The molecule has 0 atom stereocenters. The molecule has 10 heteroatoms. The third-order valence-corrected chi connectivity index (χ3v) is 6.24. The molecular formula is C19H15BrN2O5S2. The molecule has 0 unspecified atom stereocenters. The Labute approximate surface area is 180 Å². The standard InChI is InChI=1S/C19H15BrN2O5S2/c1-26-17-11-13(4-9-16(17)27-19(23)18-3-2-10-28-18)12-21-22-29(24,25)15-7-5-14(20)6-8-15/h2-12,22H,1H3/b21-12+. The number of thiophene rings is 1. The second-order valence-electron chi connectivity index (χ2n) is 5.58. The molecule has 3 aromatic rings. The number of hydrogen-bond acceptors (Lipinski definition) is 7. The van der Waals surface area contributed by atoms with Gasteiger partial charge in [-0.05, 0) is 59.5 Å². The monoisotopic (exact) mass is 494 g/mol. The second-order valence-corrected chi connectivity index (χ2v) is 9.11. The molecule has 0 spiro atoms. The summed E-state index contributed by atoms with van der Waals surface area (Å²) >= 11 is 4.53. The second kappa shape index (κ2) is 9.21. The van der Waals surface area contributed by atoms with Crippen molar-refractivity contribution >= 4 is 49.5 Å². The Morgan fingerprint density at radius 3 is 2.55 bits per heavy atom. The number of sulfonamides is 1. The topological polar surface area (TPSA) is 94.1 Å². The van der Waals surface area contributed by atoms with Crippen LogP contribution in [0.15, 0.2) is 74.4 Å². The van der Waals surface area contributed by atoms with Gasteiger partial charge in [0, 0.05) is 4.47 Å². The zero-order valence-corrected chi connectivity index (χ0v) is 18.3. The first kappa shape index (κ1) is 21.0. The third-order valence-electron chi connectivity index (χ3n) is 3.62. The van der Waals surface area contributed by atoms with Gasteiger partial charge >= 0.3 is 5.97 Å². The number of benzene rings is 2. The summed E-state index contributed by atoms with van der Waals surface area (Å²) < 4.78 is 35.8. The highest BCUT2D eigenvalue weighted by atomic mass is 79.9. The summed E-state index contributed by atoms with van der Waals surface area (Å²) in [5.74, 6) is 0.0788. The number of esters is 1. The highest BCUT2D eigenvalue weighted by Gasteiger charge is 2.14. The molecule has 0 aliphatic rings. The first-order chi connectivity index (χ1) is 13.9. The molecule has 0 aliphatic heterocycles. The number of nitrogens with one attached hydrogen (secondary N) is 1. The van der Waals surface area contributed by atoms with Crippen LogP contribution in [0.5, 0.6) is 11.5 Å². The number of ether oxygens (including phenoxy) is 2. The minimum absolute atomic E-state index is 0.0891. The highest BCUT2D eigenvalue weighted by molar-refractivity contribution is 9.10. The molecule has 1 aromatic heterocycles. The quantitative estimate of drug-likeness (QED) is 0.231. The summed E-state index contributed by atoms with van der Waals surface area (Å²) in [5, 5.41) is 5.56. The molecular weight excluding hydrogens is 480 g/mol. The first-order valence-electron chi connectivity index (χ1n) is 8.13. The van der Waals surface area contributed by atoms with E-state index in [0.717, 1.165) is 4.47 Å². The van der Waals surface area contributed by atoms with E-state index < -0.39 is 16.0 Å². The predicted molar refractivity (Wildman–Crippen MR) is 114 cm³/mol. The number of carbonyl (C=O) groups excluding carboxylic acids is 1. The number of methoxy groups -OCH3 is 1. The van der Waals surface area contributed by atoms with Gasteiger partial charge in [-0.3, -0.25) is 0 Å². The van der Waals surface area contributed by atoms with Crippen LogP contribution < -0.4 is 14.3 Å². The molecule has 0 aliphatic carbocycles. The van der Waals surface area contributed by atoms with Gasteiger partial charge in [0.2, 0.25) is 0 Å². The highest BCUT2D eigenvalue weighted by Crippen LogP contribution is 2.29. The van der Waals surface area contributed by atoms with Gasteiger partial charge in [0.1, 0.15) is 4.88 Å². The summed E-state index contributed by atoms with van der Waals surface area (Å²) in [6.45, 7) is 0. The van der Waals surface area contributed by atoms with Gasteiger partial charge in [0.25, 0.3) is 10.0 Å². The van der Waals surface area contributed by atoms with Gasteiger partial charge in [-0.2, -0.15) is 13.5 Å². The van der Waals surface area contributed by atoms with Crippen LogP contribution in [0.4, 0.5) is 0 Å². The Morgan fingerprint density at radius 2 is 1.90 bits per heavy atom. The summed E-state index contributed by atoms with van der Waals surface area (Å²) in [7, 11) is -2.34. The van der Waals surface area contributed by atoms with Crippen LogP contribution in [0.1, 0.15) is 15.2 Å². The van der Waals surface area contributed by atoms with E-state index in [4.69, 9.17) is 9.47 Å². The predicted octanol–water partition coefficient (Wildman–Crippen LogP) is 4.05.